The van der Waals surface area contributed by atoms with Crippen LogP contribution >= 0.6 is 15.9 Å². The van der Waals surface area contributed by atoms with Crippen LogP contribution in [0.1, 0.15) is 23.9 Å². The molecule has 0 fully saturated rings. The van der Waals surface area contributed by atoms with Crippen molar-refractivity contribution in [2.45, 2.75) is 18.9 Å². The van der Waals surface area contributed by atoms with E-state index in [4.69, 9.17) is 10.6 Å². The van der Waals surface area contributed by atoms with Gasteiger partial charge in [-0.3, -0.25) is 11.3 Å². The molecular formula is C14H19BrN4O. The second-order valence-electron chi connectivity index (χ2n) is 4.60. The van der Waals surface area contributed by atoms with E-state index < -0.39 is 0 Å². The number of halogens is 1. The fourth-order valence-corrected chi connectivity index (χ4v) is 2.60. The summed E-state index contributed by atoms with van der Waals surface area (Å²) in [6.45, 7) is 0. The standard InChI is InChI=1S/C14H19BrN4O/c1-19-8-7-17-14(19)6-4-12(18-16)11-9-10(15)3-5-13(11)20-2/h3,5,7-9,12,18H,4,6,16H2,1-2H3. The highest BCUT2D eigenvalue weighted by molar-refractivity contribution is 9.10. The normalized spacial score (nSPS) is 12.4. The molecule has 2 aromatic rings. The first-order valence-corrected chi connectivity index (χ1v) is 7.20. The van der Waals surface area contributed by atoms with E-state index in [-0.39, 0.29) is 6.04 Å². The number of nitrogens with zero attached hydrogens (tertiary/aromatic N) is 2. The molecule has 0 aliphatic rings. The van der Waals surface area contributed by atoms with Crippen molar-refractivity contribution < 1.29 is 4.74 Å². The Hall–Kier alpha value is -1.37. The zero-order valence-electron chi connectivity index (χ0n) is 11.6. The van der Waals surface area contributed by atoms with Gasteiger partial charge in [-0.2, -0.15) is 0 Å². The number of nitrogens with two attached hydrogens (primary N) is 1. The predicted molar refractivity (Wildman–Crippen MR) is 82.3 cm³/mol. The molecule has 1 unspecified atom stereocenters. The number of aromatic nitrogens is 2. The fraction of sp³-hybridized carbons (Fsp3) is 0.357. The molecule has 3 N–H and O–H groups in total. The van der Waals surface area contributed by atoms with Crippen molar-refractivity contribution in [2.75, 3.05) is 7.11 Å². The molecular weight excluding hydrogens is 320 g/mol. The third kappa shape index (κ3) is 3.39. The van der Waals surface area contributed by atoms with Gasteiger partial charge in [0.25, 0.3) is 0 Å². The van der Waals surface area contributed by atoms with Gasteiger partial charge in [0.15, 0.2) is 0 Å². The van der Waals surface area contributed by atoms with E-state index in [1.807, 2.05) is 36.0 Å². The van der Waals surface area contributed by atoms with Crippen molar-refractivity contribution in [1.29, 1.82) is 0 Å². The number of aryl methyl sites for hydroxylation is 2. The van der Waals surface area contributed by atoms with Crippen LogP contribution in [0.4, 0.5) is 0 Å². The summed E-state index contributed by atoms with van der Waals surface area (Å²) >= 11 is 3.48. The average Bonchev–Trinajstić information content (AvgIpc) is 2.85. The van der Waals surface area contributed by atoms with Gasteiger partial charge in [-0.15, -0.1) is 0 Å². The van der Waals surface area contributed by atoms with E-state index in [0.717, 1.165) is 34.5 Å². The smallest absolute Gasteiger partial charge is 0.123 e. The van der Waals surface area contributed by atoms with Gasteiger partial charge in [-0.05, 0) is 24.6 Å². The second-order valence-corrected chi connectivity index (χ2v) is 5.51. The molecule has 0 bridgehead atoms. The van der Waals surface area contributed by atoms with Crippen molar-refractivity contribution in [3.63, 3.8) is 0 Å². The van der Waals surface area contributed by atoms with E-state index in [0.29, 0.717) is 0 Å². The van der Waals surface area contributed by atoms with Crippen LogP contribution in [-0.4, -0.2) is 16.7 Å². The molecule has 0 aliphatic heterocycles. The lowest BCUT2D eigenvalue weighted by atomic mass is 10.0. The maximum Gasteiger partial charge on any atom is 0.123 e. The molecule has 0 radical (unpaired) electrons. The third-order valence-electron chi connectivity index (χ3n) is 3.35. The summed E-state index contributed by atoms with van der Waals surface area (Å²) in [5.41, 5.74) is 3.90. The van der Waals surface area contributed by atoms with E-state index in [9.17, 15) is 0 Å². The maximum atomic E-state index is 5.71. The molecule has 20 heavy (non-hydrogen) atoms. The zero-order chi connectivity index (χ0) is 14.5. The lowest BCUT2D eigenvalue weighted by molar-refractivity contribution is 0.395. The highest BCUT2D eigenvalue weighted by Crippen LogP contribution is 2.30. The lowest BCUT2D eigenvalue weighted by Gasteiger charge is -2.19. The summed E-state index contributed by atoms with van der Waals surface area (Å²) in [7, 11) is 3.66. The molecule has 6 heteroatoms. The molecule has 1 aromatic heterocycles. The minimum absolute atomic E-state index is 0.0131. The van der Waals surface area contributed by atoms with Crippen LogP contribution in [0.15, 0.2) is 35.1 Å². The molecule has 0 spiro atoms. The van der Waals surface area contributed by atoms with Crippen LogP contribution in [0.25, 0.3) is 0 Å². The first-order chi connectivity index (χ1) is 9.65. The highest BCUT2D eigenvalue weighted by Gasteiger charge is 2.16. The monoisotopic (exact) mass is 338 g/mol. The highest BCUT2D eigenvalue weighted by atomic mass is 79.9. The van der Waals surface area contributed by atoms with Gasteiger partial charge in [-0.1, -0.05) is 15.9 Å². The topological polar surface area (TPSA) is 65.1 Å². The number of benzene rings is 1. The zero-order valence-corrected chi connectivity index (χ0v) is 13.2. The van der Waals surface area contributed by atoms with Crippen molar-refractivity contribution in [2.24, 2.45) is 12.9 Å². The van der Waals surface area contributed by atoms with Crippen LogP contribution in [0.5, 0.6) is 5.75 Å². The minimum Gasteiger partial charge on any atom is -0.496 e. The van der Waals surface area contributed by atoms with Crippen molar-refractivity contribution in [1.82, 2.24) is 15.0 Å². The Bertz CT molecular complexity index is 570. The van der Waals surface area contributed by atoms with Gasteiger partial charge < -0.3 is 9.30 Å². The van der Waals surface area contributed by atoms with Crippen LogP contribution < -0.4 is 16.0 Å². The molecule has 2 rings (SSSR count). The molecule has 1 heterocycles. The van der Waals surface area contributed by atoms with Gasteiger partial charge in [0.05, 0.1) is 13.2 Å². The Balaban J connectivity index is 2.16. The number of imidazole rings is 1. The first-order valence-electron chi connectivity index (χ1n) is 6.41. The van der Waals surface area contributed by atoms with Crippen molar-refractivity contribution >= 4 is 15.9 Å². The van der Waals surface area contributed by atoms with Gasteiger partial charge in [0.2, 0.25) is 0 Å². The van der Waals surface area contributed by atoms with Gasteiger partial charge in [-0.25, -0.2) is 4.98 Å². The number of hydrogen-bond donors (Lipinski definition) is 2. The maximum absolute atomic E-state index is 5.71. The minimum atomic E-state index is 0.0131. The lowest BCUT2D eigenvalue weighted by Crippen LogP contribution is -2.29. The summed E-state index contributed by atoms with van der Waals surface area (Å²) in [4.78, 5) is 4.33. The number of nitrogens with one attached hydrogen (secondary N) is 1. The summed E-state index contributed by atoms with van der Waals surface area (Å²) in [5, 5.41) is 0. The Morgan fingerprint density at radius 2 is 2.30 bits per heavy atom. The SMILES string of the molecule is COc1ccc(Br)cc1C(CCc1nccn1C)NN. The Morgan fingerprint density at radius 1 is 1.50 bits per heavy atom. The molecule has 0 amide bonds. The molecule has 108 valence electrons. The molecule has 0 saturated carbocycles. The van der Waals surface area contributed by atoms with Gasteiger partial charge >= 0.3 is 0 Å². The van der Waals surface area contributed by atoms with Crippen molar-refractivity contribution in [3.05, 3.63) is 46.5 Å². The van der Waals surface area contributed by atoms with Crippen LogP contribution in [-0.2, 0) is 13.5 Å². The van der Waals surface area contributed by atoms with Crippen LogP contribution in [0, 0.1) is 0 Å². The van der Waals surface area contributed by atoms with E-state index in [1.54, 1.807) is 13.3 Å². The Kier molecular flexibility index (Phi) is 5.17. The average molecular weight is 339 g/mol. The fourth-order valence-electron chi connectivity index (χ4n) is 2.22. The largest absolute Gasteiger partial charge is 0.496 e. The van der Waals surface area contributed by atoms with E-state index in [1.165, 1.54) is 0 Å². The Morgan fingerprint density at radius 3 is 2.90 bits per heavy atom. The molecule has 1 atom stereocenters. The summed E-state index contributed by atoms with van der Waals surface area (Å²) in [6, 6.07) is 5.93. The molecule has 0 aliphatic carbocycles. The summed E-state index contributed by atoms with van der Waals surface area (Å²) in [5.74, 6) is 7.58. The number of ether oxygens (including phenoxy) is 1. The Labute approximate surface area is 127 Å². The van der Waals surface area contributed by atoms with Gasteiger partial charge in [0.1, 0.15) is 11.6 Å². The first kappa shape index (κ1) is 15.0. The molecule has 5 nitrogen and oxygen atoms in total. The summed E-state index contributed by atoms with van der Waals surface area (Å²) < 4.78 is 8.43. The molecule has 1 aromatic carbocycles. The van der Waals surface area contributed by atoms with E-state index >= 15 is 0 Å². The van der Waals surface area contributed by atoms with Gasteiger partial charge in [0, 0.05) is 35.9 Å². The number of hydrazine groups is 1. The molecule has 0 saturated heterocycles. The number of hydrogen-bond acceptors (Lipinski definition) is 4. The summed E-state index contributed by atoms with van der Waals surface area (Å²) in [6.07, 6.45) is 5.43. The van der Waals surface area contributed by atoms with Crippen molar-refractivity contribution in [3.8, 4) is 5.75 Å². The number of methoxy groups -OCH3 is 1. The predicted octanol–water partition coefficient (Wildman–Crippen LogP) is 2.33. The van der Waals surface area contributed by atoms with E-state index in [2.05, 4.69) is 26.3 Å². The quantitative estimate of drug-likeness (QED) is 0.626. The number of rotatable bonds is 6. The third-order valence-corrected chi connectivity index (χ3v) is 3.84. The van der Waals surface area contributed by atoms with Crippen LogP contribution in [0.3, 0.4) is 0 Å². The second kappa shape index (κ2) is 6.88. The van der Waals surface area contributed by atoms with Crippen LogP contribution in [0.2, 0.25) is 0 Å².